The Morgan fingerprint density at radius 3 is 0.946 bits per heavy atom. The average molecular weight is 1320 g/mol. The Hall–Kier alpha value is -4.60. The topological polar surface area (TPSA) is 40.6 Å². The average Bonchev–Trinajstić information content (AvgIpc) is 1.56. The van der Waals surface area contributed by atoms with Gasteiger partial charge in [-0.1, -0.05) is 320 Å². The lowest BCUT2D eigenvalue weighted by Gasteiger charge is -2.26. The monoisotopic (exact) mass is 1310 g/mol. The minimum absolute atomic E-state index is 0.0166. The molecule has 0 radical (unpaired) electrons. The Labute approximate surface area is 575 Å². The number of carbonyl (C=O) groups excluding carboxylic acids is 2. The molecule has 0 unspecified atom stereocenters. The van der Waals surface area contributed by atoms with Gasteiger partial charge in [-0.05, 0) is 109 Å². The Kier molecular flexibility index (Phi) is 34.0. The van der Waals surface area contributed by atoms with Crippen LogP contribution in [0, 0.1) is 11.8 Å². The fraction of sp³-hybridized carbons (Fsp3) is 0.571. The van der Waals surface area contributed by atoms with E-state index in [2.05, 4.69) is 159 Å². The van der Waals surface area contributed by atoms with Gasteiger partial charge < -0.3 is 9.80 Å². The van der Waals surface area contributed by atoms with E-state index in [0.29, 0.717) is 36.1 Å². The second-order valence-electron chi connectivity index (χ2n) is 27.2. The van der Waals surface area contributed by atoms with Gasteiger partial charge in [-0.3, -0.25) is 9.59 Å². The molecule has 4 aromatic heterocycles. The maximum absolute atomic E-state index is 15.9. The van der Waals surface area contributed by atoms with Gasteiger partial charge in [-0.25, -0.2) is 0 Å². The highest BCUT2D eigenvalue weighted by atomic mass is 32.1. The van der Waals surface area contributed by atoms with Crippen LogP contribution in [0.4, 0.5) is 0 Å². The van der Waals surface area contributed by atoms with Crippen LogP contribution < -0.4 is 0 Å². The molecule has 0 N–H and O–H groups in total. The molecule has 6 heterocycles. The number of hydrogen-bond acceptors (Lipinski definition) is 6. The minimum Gasteiger partial charge on any atom is -0.306 e. The second-order valence-corrected chi connectivity index (χ2v) is 31.6. The molecule has 92 heavy (non-hydrogen) atoms. The summed E-state index contributed by atoms with van der Waals surface area (Å²) in [5.74, 6) is 1.36. The third-order valence-electron chi connectivity index (χ3n) is 19.7. The van der Waals surface area contributed by atoms with Gasteiger partial charge in [0.1, 0.15) is 0 Å². The lowest BCUT2D eigenvalue weighted by atomic mass is 9.90. The fourth-order valence-corrected chi connectivity index (χ4v) is 18.4. The molecule has 8 rings (SSSR count). The van der Waals surface area contributed by atoms with Crippen molar-refractivity contribution in [2.75, 3.05) is 13.1 Å². The van der Waals surface area contributed by atoms with Crippen LogP contribution >= 0.6 is 45.3 Å². The Bertz CT molecular complexity index is 3060. The number of benzene rings is 2. The minimum atomic E-state index is 0.0166. The first-order chi connectivity index (χ1) is 45.4. The summed E-state index contributed by atoms with van der Waals surface area (Å²) in [5, 5.41) is 0. The highest BCUT2D eigenvalue weighted by molar-refractivity contribution is 7.23. The van der Waals surface area contributed by atoms with Gasteiger partial charge in [0.05, 0.1) is 32.3 Å². The number of amides is 2. The van der Waals surface area contributed by atoms with Crippen LogP contribution in [0.5, 0.6) is 0 Å². The van der Waals surface area contributed by atoms with Crippen LogP contribution in [-0.2, 0) is 9.59 Å². The summed E-state index contributed by atoms with van der Waals surface area (Å²) in [7, 11) is 0. The summed E-state index contributed by atoms with van der Waals surface area (Å²) < 4.78 is 0. The zero-order chi connectivity index (χ0) is 64.2. The number of rotatable bonds is 51. The number of unbranched alkanes of at least 4 members (excludes halogenated alkanes) is 28. The highest BCUT2D eigenvalue weighted by Gasteiger charge is 2.49. The van der Waals surface area contributed by atoms with Gasteiger partial charge in [0.25, 0.3) is 11.8 Å². The van der Waals surface area contributed by atoms with E-state index in [1.165, 1.54) is 267 Å². The molecule has 6 aromatic rings. The predicted molar refractivity (Wildman–Crippen MR) is 408 cm³/mol. The summed E-state index contributed by atoms with van der Waals surface area (Å²) >= 11 is 7.11. The molecule has 4 nitrogen and oxygen atoms in total. The molecule has 8 heteroatoms. The van der Waals surface area contributed by atoms with Gasteiger partial charge in [0.2, 0.25) is 0 Å². The quantitative estimate of drug-likeness (QED) is 0.0357. The van der Waals surface area contributed by atoms with E-state index < -0.39 is 0 Å². The van der Waals surface area contributed by atoms with E-state index in [1.54, 1.807) is 22.7 Å². The summed E-state index contributed by atoms with van der Waals surface area (Å²) in [6.07, 6.45) is 56.8. The van der Waals surface area contributed by atoms with Crippen LogP contribution in [0.1, 0.15) is 304 Å². The van der Waals surface area contributed by atoms with Gasteiger partial charge in [0, 0.05) is 42.4 Å². The molecule has 2 aromatic carbocycles. The molecule has 2 aliphatic heterocycles. The van der Waals surface area contributed by atoms with Crippen molar-refractivity contribution in [2.24, 2.45) is 11.8 Å². The van der Waals surface area contributed by atoms with E-state index in [9.17, 15) is 0 Å². The van der Waals surface area contributed by atoms with Crippen molar-refractivity contribution < 1.29 is 9.59 Å². The van der Waals surface area contributed by atoms with Crippen molar-refractivity contribution in [3.8, 4) is 30.6 Å². The first kappa shape index (κ1) is 73.2. The molecule has 0 aliphatic carbocycles. The van der Waals surface area contributed by atoms with E-state index in [0.717, 1.165) is 51.7 Å². The Morgan fingerprint density at radius 1 is 0.293 bits per heavy atom. The first-order valence-electron chi connectivity index (χ1n) is 37.7. The Balaban J connectivity index is 1.06. The van der Waals surface area contributed by atoms with Gasteiger partial charge in [-0.15, -0.1) is 45.3 Å². The van der Waals surface area contributed by atoms with Crippen LogP contribution in [-0.4, -0.2) is 34.7 Å². The van der Waals surface area contributed by atoms with Gasteiger partial charge in [-0.2, -0.15) is 0 Å². The first-order valence-corrected chi connectivity index (χ1v) is 41.0. The fourth-order valence-electron chi connectivity index (χ4n) is 14.3. The molecule has 0 saturated carbocycles. The van der Waals surface area contributed by atoms with Crippen molar-refractivity contribution in [1.29, 1.82) is 0 Å². The van der Waals surface area contributed by atoms with E-state index in [1.807, 2.05) is 22.7 Å². The summed E-state index contributed by atoms with van der Waals surface area (Å²) in [5.41, 5.74) is 5.39. The van der Waals surface area contributed by atoms with Crippen molar-refractivity contribution in [2.45, 2.75) is 285 Å². The van der Waals surface area contributed by atoms with E-state index in [4.69, 9.17) is 0 Å². The number of hydrogen-bond donors (Lipinski definition) is 0. The molecule has 2 amide bonds. The van der Waals surface area contributed by atoms with Crippen LogP contribution in [0.3, 0.4) is 0 Å². The number of fused-ring (bicyclic) bond motifs is 1. The van der Waals surface area contributed by atoms with Gasteiger partial charge >= 0.3 is 0 Å². The van der Waals surface area contributed by atoms with Crippen molar-refractivity contribution in [3.63, 3.8) is 0 Å². The van der Waals surface area contributed by atoms with Crippen molar-refractivity contribution in [3.05, 3.63) is 140 Å². The predicted octanol–water partition coefficient (Wildman–Crippen LogP) is 27.8. The van der Waals surface area contributed by atoms with Crippen LogP contribution in [0.2, 0.25) is 0 Å². The number of thiophene rings is 4. The number of carbonyl (C=O) groups is 2. The van der Waals surface area contributed by atoms with Crippen molar-refractivity contribution >= 4 is 80.7 Å². The molecule has 0 atom stereocenters. The Morgan fingerprint density at radius 2 is 0.565 bits per heavy atom. The second kappa shape index (κ2) is 42.8. The third-order valence-corrected chi connectivity index (χ3v) is 24.3. The van der Waals surface area contributed by atoms with Gasteiger partial charge in [0.15, 0.2) is 0 Å². The lowest BCUT2D eigenvalue weighted by Crippen LogP contribution is -2.31. The van der Waals surface area contributed by atoms with Crippen molar-refractivity contribution in [1.82, 2.24) is 9.80 Å². The standard InChI is InChI=1S/C84H118N2O2S4/c1-5-9-13-17-21-25-29-35-45-67(46-36-30-26-22-18-14-10-6-2)49-43-65-85-81(77-63-61-74(91-77)70-53-41-34-42-54-70)79-80(84(85)88)82(78-64-62-76(92-78)75-60-58-72(90-75)56-55-71-57-59-73(89-71)69-51-39-33-40-52-69)86(83(79)87)66-44-50-68(47-37-31-27-23-19-15-11-7-3)48-38-32-28-24-20-16-12-8-4/h33-34,39-42,51-64,67-68H,5-32,35-38,43-50,65-66H2,1-4H3/b56-55+. The zero-order valence-corrected chi connectivity index (χ0v) is 61.0. The molecule has 500 valence electrons. The smallest absolute Gasteiger partial charge is 0.261 e. The molecule has 0 fully saturated rings. The number of nitrogens with zero attached hydrogens (tertiary/aromatic N) is 2. The molecule has 0 saturated heterocycles. The summed E-state index contributed by atoms with van der Waals surface area (Å²) in [4.78, 5) is 45.4. The zero-order valence-electron chi connectivity index (χ0n) is 57.7. The molecular weight excluding hydrogens is 1200 g/mol. The molecule has 2 aliphatic rings. The van der Waals surface area contributed by atoms with E-state index in [-0.39, 0.29) is 11.8 Å². The third kappa shape index (κ3) is 23.6. The maximum Gasteiger partial charge on any atom is 0.261 e. The molecule has 0 spiro atoms. The largest absolute Gasteiger partial charge is 0.306 e. The summed E-state index contributed by atoms with van der Waals surface area (Å²) in [6, 6.07) is 39.1. The molecule has 0 bridgehead atoms. The van der Waals surface area contributed by atoms with E-state index >= 15 is 9.59 Å². The maximum atomic E-state index is 15.9. The molecular formula is C84H118N2O2S4. The SMILES string of the molecule is CCCCCCCCCCC(CCCCCCCCCC)CCCN1C(=O)C2=C(c3ccc(-c4ccc(/C=C/c5ccc(-c6ccccc6)s5)s4)s3)N(CCCC(CCCCCCCCCC)CCCCCCCCCC)C(=O)C2=C1c1ccc(-c2ccccc2)s1. The van der Waals surface area contributed by atoms with Crippen LogP contribution in [0.15, 0.2) is 120 Å². The summed E-state index contributed by atoms with van der Waals surface area (Å²) in [6.45, 7) is 10.5. The van der Waals surface area contributed by atoms with Crippen LogP contribution in [0.25, 0.3) is 54.2 Å². The highest BCUT2D eigenvalue weighted by Crippen LogP contribution is 2.51. The lowest BCUT2D eigenvalue weighted by molar-refractivity contribution is -0.124. The normalized spacial score (nSPS) is 13.6.